The highest BCUT2D eigenvalue weighted by Gasteiger charge is 2.38. The molecule has 0 fully saturated rings. The summed E-state index contributed by atoms with van der Waals surface area (Å²) in [7, 11) is 0. The van der Waals surface area contributed by atoms with E-state index in [1.54, 1.807) is 33.7 Å². The van der Waals surface area contributed by atoms with Gasteiger partial charge in [-0.15, -0.1) is 0 Å². The van der Waals surface area contributed by atoms with Gasteiger partial charge < -0.3 is 14.1 Å². The van der Waals surface area contributed by atoms with Gasteiger partial charge in [-0.3, -0.25) is 4.79 Å². The number of hydrogen-bond acceptors (Lipinski definition) is 8. The molecule has 13 heteroatoms. The van der Waals surface area contributed by atoms with Gasteiger partial charge in [0.05, 0.1) is 17.6 Å². The second-order valence-corrected chi connectivity index (χ2v) is 10.2. The molecular weight excluding hydrogens is 542 g/mol. The molecule has 1 aliphatic heterocycles. The molecule has 0 saturated carbocycles. The van der Waals surface area contributed by atoms with Gasteiger partial charge in [-0.05, 0) is 31.2 Å². The fourth-order valence-corrected chi connectivity index (χ4v) is 5.53. The standard InChI is InChI=1S/C24H17Cl2FN6O3S/c1-12-31-33-21-16(30-24(33)37-12)6-8-32(20(21)14-3-2-13(25)10-15(14)27)19(34)11-36-18-5-4-17(29-22(18)26)23-28-7-9-35-23/h2-5,7,9-10,20H,6,8,11H2,1H3. The Balaban J connectivity index is 1.31. The normalized spacial score (nSPS) is 15.2. The van der Waals surface area contributed by atoms with Crippen molar-refractivity contribution in [2.24, 2.45) is 0 Å². The Morgan fingerprint density at radius 2 is 2.14 bits per heavy atom. The van der Waals surface area contributed by atoms with Crippen molar-refractivity contribution in [2.45, 2.75) is 19.4 Å². The van der Waals surface area contributed by atoms with Gasteiger partial charge in [-0.2, -0.15) is 5.10 Å². The van der Waals surface area contributed by atoms with Crippen LogP contribution in [0.15, 0.2) is 47.2 Å². The monoisotopic (exact) mass is 558 g/mol. The van der Waals surface area contributed by atoms with Gasteiger partial charge in [0.1, 0.15) is 28.8 Å². The minimum Gasteiger partial charge on any atom is -0.481 e. The molecule has 0 aliphatic carbocycles. The second-order valence-electron chi connectivity index (χ2n) is 8.28. The third kappa shape index (κ3) is 4.32. The van der Waals surface area contributed by atoms with E-state index in [4.69, 9.17) is 32.4 Å². The highest BCUT2D eigenvalue weighted by Crippen LogP contribution is 2.38. The Hall–Kier alpha value is -3.54. The van der Waals surface area contributed by atoms with Gasteiger partial charge in [0, 0.05) is 23.6 Å². The lowest BCUT2D eigenvalue weighted by molar-refractivity contribution is -0.135. The van der Waals surface area contributed by atoms with E-state index >= 15 is 4.39 Å². The number of aromatic nitrogens is 5. The second kappa shape index (κ2) is 9.40. The molecular formula is C24H17Cl2FN6O3S. The number of rotatable bonds is 5. The average molecular weight is 559 g/mol. The van der Waals surface area contributed by atoms with Crippen molar-refractivity contribution in [1.82, 2.24) is 29.5 Å². The Bertz CT molecular complexity index is 1640. The number of nitrogens with zero attached hydrogens (tertiary/aromatic N) is 6. The first-order chi connectivity index (χ1) is 17.9. The first kappa shape index (κ1) is 23.8. The van der Waals surface area contributed by atoms with Crippen LogP contribution in [-0.2, 0) is 11.2 Å². The Morgan fingerprint density at radius 1 is 1.27 bits per heavy atom. The number of pyridine rings is 1. The quantitative estimate of drug-likeness (QED) is 0.275. The van der Waals surface area contributed by atoms with E-state index in [2.05, 4.69) is 20.1 Å². The Labute approximate surface area is 223 Å². The highest BCUT2D eigenvalue weighted by molar-refractivity contribution is 7.16. The molecule has 1 unspecified atom stereocenters. The molecule has 0 spiro atoms. The summed E-state index contributed by atoms with van der Waals surface area (Å²) in [5.41, 5.74) is 2.15. The Kier molecular flexibility index (Phi) is 6.06. The molecule has 4 aromatic heterocycles. The van der Waals surface area contributed by atoms with Crippen LogP contribution >= 0.6 is 34.5 Å². The van der Waals surface area contributed by atoms with Crippen LogP contribution in [0.2, 0.25) is 10.2 Å². The minimum atomic E-state index is -0.769. The van der Waals surface area contributed by atoms with Crippen LogP contribution in [0.5, 0.6) is 5.75 Å². The number of carbonyl (C=O) groups is 1. The molecule has 1 aromatic carbocycles. The maximum atomic E-state index is 15.2. The molecule has 1 amide bonds. The van der Waals surface area contributed by atoms with E-state index < -0.39 is 11.9 Å². The summed E-state index contributed by atoms with van der Waals surface area (Å²) in [4.78, 5) is 28.7. The molecule has 188 valence electrons. The number of hydrogen-bond donors (Lipinski definition) is 0. The Morgan fingerprint density at radius 3 is 2.89 bits per heavy atom. The third-order valence-electron chi connectivity index (χ3n) is 5.97. The predicted octanol–water partition coefficient (Wildman–Crippen LogP) is 5.15. The van der Waals surface area contributed by atoms with Crippen molar-refractivity contribution in [3.05, 3.63) is 80.7 Å². The van der Waals surface area contributed by atoms with Crippen LogP contribution in [0.25, 0.3) is 16.5 Å². The van der Waals surface area contributed by atoms with Crippen molar-refractivity contribution in [3.63, 3.8) is 0 Å². The zero-order chi connectivity index (χ0) is 25.7. The van der Waals surface area contributed by atoms with Crippen LogP contribution in [0.4, 0.5) is 4.39 Å². The van der Waals surface area contributed by atoms with Gasteiger partial charge in [0.2, 0.25) is 10.9 Å². The number of fused-ring (bicyclic) bond motifs is 3. The van der Waals surface area contributed by atoms with Gasteiger partial charge in [-0.1, -0.05) is 40.6 Å². The lowest BCUT2D eigenvalue weighted by Crippen LogP contribution is -2.43. The molecule has 37 heavy (non-hydrogen) atoms. The van der Waals surface area contributed by atoms with Crippen molar-refractivity contribution in [3.8, 4) is 17.3 Å². The summed E-state index contributed by atoms with van der Waals surface area (Å²) < 4.78 is 27.9. The first-order valence-corrected chi connectivity index (χ1v) is 12.7. The SMILES string of the molecule is Cc1nn2c3c(nc2s1)CCN(C(=O)COc1ccc(-c2ncco2)nc1Cl)C3c1ccc(Cl)cc1F. The van der Waals surface area contributed by atoms with Crippen molar-refractivity contribution in [1.29, 1.82) is 0 Å². The van der Waals surface area contributed by atoms with Crippen LogP contribution in [-0.4, -0.2) is 48.5 Å². The highest BCUT2D eigenvalue weighted by atomic mass is 35.5. The largest absolute Gasteiger partial charge is 0.481 e. The molecule has 6 rings (SSSR count). The first-order valence-electron chi connectivity index (χ1n) is 11.2. The van der Waals surface area contributed by atoms with E-state index in [1.807, 2.05) is 6.92 Å². The smallest absolute Gasteiger partial charge is 0.261 e. The third-order valence-corrected chi connectivity index (χ3v) is 7.30. The van der Waals surface area contributed by atoms with Crippen LogP contribution in [0, 0.1) is 12.7 Å². The molecule has 0 radical (unpaired) electrons. The summed E-state index contributed by atoms with van der Waals surface area (Å²) in [6, 6.07) is 6.86. The number of oxazole rings is 1. The maximum absolute atomic E-state index is 15.2. The lowest BCUT2D eigenvalue weighted by atomic mass is 9.95. The van der Waals surface area contributed by atoms with Gasteiger partial charge in [0.25, 0.3) is 5.91 Å². The van der Waals surface area contributed by atoms with Gasteiger partial charge in [-0.25, -0.2) is 23.9 Å². The summed E-state index contributed by atoms with van der Waals surface area (Å²) in [5, 5.41) is 5.68. The van der Waals surface area contributed by atoms with Gasteiger partial charge in [0.15, 0.2) is 17.5 Å². The summed E-state index contributed by atoms with van der Waals surface area (Å²) in [6.07, 6.45) is 3.42. The average Bonchev–Trinajstić information content (AvgIpc) is 3.59. The topological polar surface area (TPSA) is 98.7 Å². The summed E-state index contributed by atoms with van der Waals surface area (Å²) >= 11 is 13.7. The van der Waals surface area contributed by atoms with Crippen molar-refractivity contribution in [2.75, 3.05) is 13.2 Å². The number of amides is 1. The maximum Gasteiger partial charge on any atom is 0.261 e. The molecule has 1 aliphatic rings. The summed E-state index contributed by atoms with van der Waals surface area (Å²) in [6.45, 7) is 1.86. The molecule has 0 N–H and O–H groups in total. The number of carbonyl (C=O) groups excluding carboxylic acids is 1. The van der Waals surface area contributed by atoms with Crippen molar-refractivity contribution < 1.29 is 18.3 Å². The number of imidazole rings is 1. The van der Waals surface area contributed by atoms with E-state index in [-0.39, 0.29) is 28.4 Å². The van der Waals surface area contributed by atoms with Crippen LogP contribution in [0.1, 0.15) is 28.0 Å². The van der Waals surface area contributed by atoms with Crippen LogP contribution < -0.4 is 4.74 Å². The number of aryl methyl sites for hydroxylation is 1. The van der Waals surface area contributed by atoms with Gasteiger partial charge >= 0.3 is 0 Å². The van der Waals surface area contributed by atoms with E-state index in [0.717, 1.165) is 10.7 Å². The molecule has 0 bridgehead atoms. The van der Waals surface area contributed by atoms with Crippen LogP contribution in [0.3, 0.4) is 0 Å². The van der Waals surface area contributed by atoms with E-state index in [1.165, 1.54) is 29.9 Å². The molecule has 1 atom stereocenters. The van der Waals surface area contributed by atoms with E-state index in [0.29, 0.717) is 40.8 Å². The molecule has 9 nitrogen and oxygen atoms in total. The lowest BCUT2D eigenvalue weighted by Gasteiger charge is -2.35. The molecule has 0 saturated heterocycles. The molecule has 5 aromatic rings. The predicted molar refractivity (Wildman–Crippen MR) is 135 cm³/mol. The molecule has 5 heterocycles. The number of halogens is 3. The minimum absolute atomic E-state index is 0.0557. The van der Waals surface area contributed by atoms with Crippen molar-refractivity contribution >= 4 is 45.4 Å². The summed E-state index contributed by atoms with van der Waals surface area (Å²) in [5.74, 6) is -0.356. The fourth-order valence-electron chi connectivity index (χ4n) is 4.39. The zero-order valence-corrected chi connectivity index (χ0v) is 21.5. The number of ether oxygens (including phenoxy) is 1. The number of benzene rings is 1. The zero-order valence-electron chi connectivity index (χ0n) is 19.2. The van der Waals surface area contributed by atoms with E-state index in [9.17, 15) is 4.79 Å². The fraction of sp³-hybridized carbons (Fsp3) is 0.208.